The van der Waals surface area contributed by atoms with Gasteiger partial charge in [-0.05, 0) is 37.1 Å². The molecule has 100 valence electrons. The van der Waals surface area contributed by atoms with E-state index >= 15 is 0 Å². The summed E-state index contributed by atoms with van der Waals surface area (Å²) < 4.78 is 0. The second-order valence-electron chi connectivity index (χ2n) is 5.40. The molecule has 0 aliphatic carbocycles. The van der Waals surface area contributed by atoms with Gasteiger partial charge in [0.1, 0.15) is 6.07 Å². The number of nitrogens with zero attached hydrogens (tertiary/aromatic N) is 3. The van der Waals surface area contributed by atoms with Crippen LogP contribution < -0.4 is 4.90 Å². The predicted octanol–water partition coefficient (Wildman–Crippen LogP) is 1.33. The van der Waals surface area contributed by atoms with Crippen molar-refractivity contribution in [1.82, 2.24) is 4.90 Å². The topological polar surface area (TPSA) is 50.5 Å². The van der Waals surface area contributed by atoms with Gasteiger partial charge in [0.05, 0.1) is 17.9 Å². The van der Waals surface area contributed by atoms with Crippen LogP contribution in [-0.4, -0.2) is 42.2 Å². The standard InChI is InChI=1S/C15H19N3O/c16-9-13-8-12(11-19)3-4-15(13)18-7-6-17-5-1-2-14(17)10-18/h3-4,8,14,19H,1-2,5-7,10-11H2. The highest BCUT2D eigenvalue weighted by atomic mass is 16.3. The molecule has 0 saturated carbocycles. The summed E-state index contributed by atoms with van der Waals surface area (Å²) in [7, 11) is 0. The van der Waals surface area contributed by atoms with E-state index in [2.05, 4.69) is 15.9 Å². The van der Waals surface area contributed by atoms with E-state index in [1.807, 2.05) is 12.1 Å². The van der Waals surface area contributed by atoms with E-state index in [1.165, 1.54) is 19.4 Å². The van der Waals surface area contributed by atoms with Crippen molar-refractivity contribution in [2.75, 3.05) is 31.1 Å². The molecule has 0 radical (unpaired) electrons. The third-order valence-electron chi connectivity index (χ3n) is 4.29. The van der Waals surface area contributed by atoms with Gasteiger partial charge in [-0.2, -0.15) is 5.26 Å². The van der Waals surface area contributed by atoms with Crippen LogP contribution in [0.5, 0.6) is 0 Å². The molecule has 2 heterocycles. The lowest BCUT2D eigenvalue weighted by Crippen LogP contribution is -2.50. The number of hydrogen-bond donors (Lipinski definition) is 1. The Balaban J connectivity index is 1.84. The van der Waals surface area contributed by atoms with Crippen LogP contribution in [0.2, 0.25) is 0 Å². The highest BCUT2D eigenvalue weighted by Gasteiger charge is 2.31. The van der Waals surface area contributed by atoms with Gasteiger partial charge in [0.25, 0.3) is 0 Å². The lowest BCUT2D eigenvalue weighted by molar-refractivity contribution is 0.231. The van der Waals surface area contributed by atoms with Gasteiger partial charge in [0, 0.05) is 25.7 Å². The van der Waals surface area contributed by atoms with Gasteiger partial charge in [-0.15, -0.1) is 0 Å². The Morgan fingerprint density at radius 2 is 2.21 bits per heavy atom. The normalized spacial score (nSPS) is 23.2. The minimum Gasteiger partial charge on any atom is -0.392 e. The fourth-order valence-corrected chi connectivity index (χ4v) is 3.26. The van der Waals surface area contributed by atoms with E-state index in [1.54, 1.807) is 6.07 Å². The molecule has 2 aliphatic heterocycles. The molecule has 1 unspecified atom stereocenters. The molecule has 0 bridgehead atoms. The fourth-order valence-electron chi connectivity index (χ4n) is 3.26. The van der Waals surface area contributed by atoms with Crippen LogP contribution in [0, 0.1) is 11.3 Å². The van der Waals surface area contributed by atoms with E-state index in [0.29, 0.717) is 11.6 Å². The zero-order valence-electron chi connectivity index (χ0n) is 11.0. The Hall–Kier alpha value is -1.57. The molecule has 2 aliphatic rings. The maximum absolute atomic E-state index is 9.29. The van der Waals surface area contributed by atoms with E-state index < -0.39 is 0 Å². The summed E-state index contributed by atoms with van der Waals surface area (Å²) >= 11 is 0. The van der Waals surface area contributed by atoms with E-state index in [4.69, 9.17) is 5.11 Å². The Kier molecular flexibility index (Phi) is 3.41. The zero-order valence-corrected chi connectivity index (χ0v) is 11.0. The van der Waals surface area contributed by atoms with Crippen LogP contribution in [0.15, 0.2) is 18.2 Å². The van der Waals surface area contributed by atoms with Crippen molar-refractivity contribution < 1.29 is 5.11 Å². The Bertz CT molecular complexity index is 509. The fraction of sp³-hybridized carbons (Fsp3) is 0.533. The first kappa shape index (κ1) is 12.5. The van der Waals surface area contributed by atoms with Crippen molar-refractivity contribution >= 4 is 5.69 Å². The number of nitriles is 1. The summed E-state index contributed by atoms with van der Waals surface area (Å²) in [6, 6.07) is 8.61. The quantitative estimate of drug-likeness (QED) is 0.868. The molecule has 0 spiro atoms. The molecular formula is C15H19N3O. The lowest BCUT2D eigenvalue weighted by Gasteiger charge is -2.39. The smallest absolute Gasteiger partial charge is 0.101 e. The molecule has 0 amide bonds. The number of rotatable bonds is 2. The molecule has 4 nitrogen and oxygen atoms in total. The summed E-state index contributed by atoms with van der Waals surface area (Å²) in [5.74, 6) is 0. The average molecular weight is 257 g/mol. The van der Waals surface area contributed by atoms with Crippen molar-refractivity contribution in [3.63, 3.8) is 0 Å². The first-order valence-electron chi connectivity index (χ1n) is 6.94. The van der Waals surface area contributed by atoms with Crippen molar-refractivity contribution in [3.8, 4) is 6.07 Å². The van der Waals surface area contributed by atoms with Gasteiger partial charge in [0.2, 0.25) is 0 Å². The van der Waals surface area contributed by atoms with Crippen molar-refractivity contribution in [2.45, 2.75) is 25.5 Å². The lowest BCUT2D eigenvalue weighted by atomic mass is 10.1. The van der Waals surface area contributed by atoms with Crippen molar-refractivity contribution in [2.24, 2.45) is 0 Å². The van der Waals surface area contributed by atoms with Gasteiger partial charge in [-0.25, -0.2) is 0 Å². The summed E-state index contributed by atoms with van der Waals surface area (Å²) in [5, 5.41) is 18.4. The van der Waals surface area contributed by atoms with Crippen LogP contribution >= 0.6 is 0 Å². The van der Waals surface area contributed by atoms with E-state index in [9.17, 15) is 5.26 Å². The first-order chi connectivity index (χ1) is 9.31. The summed E-state index contributed by atoms with van der Waals surface area (Å²) in [4.78, 5) is 4.89. The monoisotopic (exact) mass is 257 g/mol. The summed E-state index contributed by atoms with van der Waals surface area (Å²) in [5.41, 5.74) is 2.50. The van der Waals surface area contributed by atoms with Crippen molar-refractivity contribution in [3.05, 3.63) is 29.3 Å². The molecule has 1 aromatic rings. The summed E-state index contributed by atoms with van der Waals surface area (Å²) in [6.07, 6.45) is 2.57. The average Bonchev–Trinajstić information content (AvgIpc) is 2.93. The molecule has 2 fully saturated rings. The van der Waals surface area contributed by atoms with Gasteiger partial charge >= 0.3 is 0 Å². The van der Waals surface area contributed by atoms with Gasteiger partial charge in [0.15, 0.2) is 0 Å². The number of piperazine rings is 1. The summed E-state index contributed by atoms with van der Waals surface area (Å²) in [6.45, 7) is 4.33. The molecule has 2 saturated heterocycles. The molecule has 4 heteroatoms. The highest BCUT2D eigenvalue weighted by Crippen LogP contribution is 2.28. The van der Waals surface area contributed by atoms with Gasteiger partial charge in [-0.3, -0.25) is 4.90 Å². The third kappa shape index (κ3) is 2.32. The van der Waals surface area contributed by atoms with Crippen LogP contribution in [0.4, 0.5) is 5.69 Å². The number of hydrogen-bond acceptors (Lipinski definition) is 4. The maximum Gasteiger partial charge on any atom is 0.101 e. The van der Waals surface area contributed by atoms with Crippen LogP contribution in [0.25, 0.3) is 0 Å². The SMILES string of the molecule is N#Cc1cc(CO)ccc1N1CCN2CCCC2C1. The largest absolute Gasteiger partial charge is 0.392 e. The Labute approximate surface area is 113 Å². The minimum absolute atomic E-state index is 0.00857. The van der Waals surface area contributed by atoms with Crippen LogP contribution in [0.3, 0.4) is 0 Å². The molecule has 1 aromatic carbocycles. The number of benzene rings is 1. The molecular weight excluding hydrogens is 238 g/mol. The van der Waals surface area contributed by atoms with Crippen LogP contribution in [0.1, 0.15) is 24.0 Å². The first-order valence-corrected chi connectivity index (χ1v) is 6.94. The Morgan fingerprint density at radius 3 is 3.00 bits per heavy atom. The second kappa shape index (κ2) is 5.20. The minimum atomic E-state index is -0.00857. The Morgan fingerprint density at radius 1 is 1.32 bits per heavy atom. The van der Waals surface area contributed by atoms with Gasteiger partial charge < -0.3 is 10.0 Å². The number of anilines is 1. The van der Waals surface area contributed by atoms with Crippen molar-refractivity contribution in [1.29, 1.82) is 5.26 Å². The second-order valence-corrected chi connectivity index (χ2v) is 5.40. The predicted molar refractivity (Wildman–Crippen MR) is 73.9 cm³/mol. The third-order valence-corrected chi connectivity index (χ3v) is 4.29. The van der Waals surface area contributed by atoms with E-state index in [-0.39, 0.29) is 6.61 Å². The van der Waals surface area contributed by atoms with Gasteiger partial charge in [-0.1, -0.05) is 6.07 Å². The molecule has 0 aromatic heterocycles. The highest BCUT2D eigenvalue weighted by molar-refractivity contribution is 5.61. The molecule has 3 rings (SSSR count). The maximum atomic E-state index is 9.29. The number of aliphatic hydroxyl groups excluding tert-OH is 1. The van der Waals surface area contributed by atoms with Crippen LogP contribution in [-0.2, 0) is 6.61 Å². The number of fused-ring (bicyclic) bond motifs is 1. The zero-order chi connectivity index (χ0) is 13.2. The molecule has 19 heavy (non-hydrogen) atoms. The number of aliphatic hydroxyl groups is 1. The van der Waals surface area contributed by atoms with E-state index in [0.717, 1.165) is 30.9 Å². The molecule has 1 N–H and O–H groups in total. The molecule has 1 atom stereocenters.